The van der Waals surface area contributed by atoms with Gasteiger partial charge in [0.15, 0.2) is 5.78 Å². The number of benzene rings is 2. The first-order valence-electron chi connectivity index (χ1n) is 12.3. The van der Waals surface area contributed by atoms with E-state index in [1.165, 1.54) is 10.2 Å². The predicted octanol–water partition coefficient (Wildman–Crippen LogP) is 1.90. The molecule has 1 atom stereocenters. The molecule has 0 spiro atoms. The van der Waals surface area contributed by atoms with Gasteiger partial charge in [-0.1, -0.05) is 48.5 Å². The van der Waals surface area contributed by atoms with Crippen LogP contribution in [0.3, 0.4) is 0 Å². The molecule has 3 aromatic rings. The first kappa shape index (κ1) is 27.7. The minimum absolute atomic E-state index is 0.0440. The van der Waals surface area contributed by atoms with Crippen molar-refractivity contribution in [1.82, 2.24) is 19.9 Å². The Morgan fingerprint density at radius 2 is 1.89 bits per heavy atom. The Morgan fingerprint density at radius 3 is 2.61 bits per heavy atom. The monoisotopic (exact) mass is 540 g/mol. The lowest BCUT2D eigenvalue weighted by atomic mass is 10.0. The number of hydrogen-bond acceptors (Lipinski definition) is 9. The predicted molar refractivity (Wildman–Crippen MR) is 148 cm³/mol. The van der Waals surface area contributed by atoms with Gasteiger partial charge in [0, 0.05) is 18.1 Å². The quantitative estimate of drug-likeness (QED) is 0.298. The number of fused-ring (bicyclic) bond motifs is 1. The Morgan fingerprint density at radius 1 is 1.18 bits per heavy atom. The van der Waals surface area contributed by atoms with Crippen molar-refractivity contribution in [2.24, 2.45) is 10.8 Å². The number of aromatic nitrogens is 1. The molecule has 38 heavy (non-hydrogen) atoms. The maximum Gasteiger partial charge on any atom is 0.236 e. The molecule has 0 unspecified atom stereocenters. The van der Waals surface area contributed by atoms with Crippen molar-refractivity contribution in [3.8, 4) is 0 Å². The van der Waals surface area contributed by atoms with Gasteiger partial charge in [-0.15, -0.1) is 0 Å². The number of hydrogen-bond donors (Lipinski definition) is 3. The van der Waals surface area contributed by atoms with Crippen LogP contribution in [0.15, 0.2) is 65.9 Å². The van der Waals surface area contributed by atoms with Crippen LogP contribution in [0.1, 0.15) is 25.0 Å². The Balaban J connectivity index is 1.43. The molecule has 4 N–H and O–H groups in total. The molecular formula is C26H34N7O4S-. The van der Waals surface area contributed by atoms with E-state index < -0.39 is 21.6 Å². The number of nitrogens with one attached hydrogen (secondary N) is 2. The lowest BCUT2D eigenvalue weighted by molar-refractivity contribution is -0.122. The summed E-state index contributed by atoms with van der Waals surface area (Å²) in [7, 11) is -3.44. The fourth-order valence-corrected chi connectivity index (χ4v) is 4.82. The van der Waals surface area contributed by atoms with Crippen LogP contribution in [0.2, 0.25) is 0 Å². The van der Waals surface area contributed by atoms with Crippen molar-refractivity contribution in [1.29, 1.82) is 0 Å². The average Bonchev–Trinajstić information content (AvgIpc) is 3.49. The van der Waals surface area contributed by atoms with Crippen molar-refractivity contribution >= 4 is 32.5 Å². The molecule has 4 rings (SSSR count). The second kappa shape index (κ2) is 11.6. The first-order valence-corrected chi connectivity index (χ1v) is 14.2. The molecule has 0 saturated carbocycles. The lowest BCUT2D eigenvalue weighted by Crippen LogP contribution is -2.50. The van der Waals surface area contributed by atoms with Crippen LogP contribution in [0, 0.1) is 0 Å². The van der Waals surface area contributed by atoms with Crippen LogP contribution in [0.4, 0.5) is 0 Å². The van der Waals surface area contributed by atoms with E-state index in [0.29, 0.717) is 30.9 Å². The molecule has 0 radical (unpaired) electrons. The number of carbonyl (C=O) groups is 1. The molecule has 0 fully saturated rings. The Hall–Kier alpha value is -3.29. The van der Waals surface area contributed by atoms with Gasteiger partial charge >= 0.3 is 0 Å². The minimum Gasteiger partial charge on any atom is -0.384 e. The number of nitrogens with zero attached hydrogens (tertiary/aromatic N) is 4. The van der Waals surface area contributed by atoms with Crippen molar-refractivity contribution < 1.29 is 17.9 Å². The number of rotatable bonds is 13. The Bertz CT molecular complexity index is 1400. The van der Waals surface area contributed by atoms with Crippen molar-refractivity contribution in [2.75, 3.05) is 26.0 Å². The highest BCUT2D eigenvalue weighted by Gasteiger charge is 2.24. The zero-order valence-corrected chi connectivity index (χ0v) is 22.6. The standard InChI is InChI=1S/C26H34N7O4S/c1-26(2,27)24(34)15-28-22(18-37-17-19-9-5-4-6-10-19)25-29-31-33(30-25)14-13-20-16-32(38(3,35)36)23-12-8-7-11-21(20)23/h4-12,16,22,28,31H,13-15,17-18,27H2,1-3H3/q-1/t22-/m1/s1. The van der Waals surface area contributed by atoms with E-state index in [0.717, 1.165) is 16.5 Å². The fourth-order valence-electron chi connectivity index (χ4n) is 3.98. The van der Waals surface area contributed by atoms with E-state index in [9.17, 15) is 13.2 Å². The van der Waals surface area contributed by atoms with Gasteiger partial charge in [0.2, 0.25) is 10.0 Å². The fraction of sp³-hybridized carbons (Fsp3) is 0.385. The van der Waals surface area contributed by atoms with Gasteiger partial charge < -0.3 is 31.4 Å². The molecule has 12 heteroatoms. The highest BCUT2D eigenvalue weighted by atomic mass is 32.2. The lowest BCUT2D eigenvalue weighted by Gasteiger charge is -2.25. The number of amidine groups is 1. The summed E-state index contributed by atoms with van der Waals surface area (Å²) in [5.74, 6) is 0.301. The van der Waals surface area contributed by atoms with Gasteiger partial charge in [-0.2, -0.15) is 0 Å². The molecule has 0 aliphatic carbocycles. The summed E-state index contributed by atoms with van der Waals surface area (Å²) < 4.78 is 31.7. The van der Waals surface area contributed by atoms with Crippen LogP contribution < -0.4 is 16.6 Å². The van der Waals surface area contributed by atoms with Gasteiger partial charge in [-0.3, -0.25) is 4.79 Å². The summed E-state index contributed by atoms with van der Waals surface area (Å²) >= 11 is 0. The van der Waals surface area contributed by atoms with Gasteiger partial charge in [-0.05, 0) is 43.3 Å². The summed E-state index contributed by atoms with van der Waals surface area (Å²) in [5.41, 5.74) is 14.8. The van der Waals surface area contributed by atoms with E-state index >= 15 is 0 Å². The zero-order chi connectivity index (χ0) is 27.3. The molecular weight excluding hydrogens is 506 g/mol. The largest absolute Gasteiger partial charge is 0.384 e. The summed E-state index contributed by atoms with van der Waals surface area (Å²) in [6, 6.07) is 16.7. The third-order valence-electron chi connectivity index (χ3n) is 6.15. The smallest absolute Gasteiger partial charge is 0.236 e. The van der Waals surface area contributed by atoms with Crippen molar-refractivity contribution in [3.63, 3.8) is 0 Å². The SMILES string of the molecule is CC(C)(N)C(=O)CN[C@H](COCc1ccccc1)C1=NN(CCc2cn(S(C)(=O)=O)c3ccccc23)N[N-]1. The van der Waals surface area contributed by atoms with Crippen molar-refractivity contribution in [2.45, 2.75) is 38.5 Å². The number of hydrazine groups is 1. The summed E-state index contributed by atoms with van der Waals surface area (Å²) in [5, 5.41) is 10.2. The van der Waals surface area contributed by atoms with E-state index in [4.69, 9.17) is 10.5 Å². The van der Waals surface area contributed by atoms with Crippen LogP contribution in [-0.4, -0.2) is 66.7 Å². The second-order valence-corrected chi connectivity index (χ2v) is 11.7. The number of nitrogens with two attached hydrogens (primary N) is 1. The Kier molecular flexibility index (Phi) is 8.48. The third kappa shape index (κ3) is 6.97. The van der Waals surface area contributed by atoms with E-state index in [2.05, 4.69) is 21.4 Å². The number of Topliss-reactive ketones (excluding diaryl/α,β-unsaturated/α-hetero) is 1. The second-order valence-electron chi connectivity index (χ2n) is 9.85. The Labute approximate surface area is 223 Å². The van der Waals surface area contributed by atoms with Crippen LogP contribution in [0.25, 0.3) is 16.3 Å². The number of carbonyl (C=O) groups excluding carboxylic acids is 1. The molecule has 0 amide bonds. The van der Waals surface area contributed by atoms with Gasteiger partial charge in [-0.25, -0.2) is 17.9 Å². The van der Waals surface area contributed by atoms with Crippen LogP contribution >= 0.6 is 0 Å². The third-order valence-corrected chi connectivity index (χ3v) is 7.17. The van der Waals surface area contributed by atoms with Crippen molar-refractivity contribution in [3.05, 3.63) is 77.3 Å². The average molecular weight is 541 g/mol. The summed E-state index contributed by atoms with van der Waals surface area (Å²) in [6.45, 7) is 4.47. The van der Waals surface area contributed by atoms with Gasteiger partial charge in [0.25, 0.3) is 0 Å². The molecule has 0 bridgehead atoms. The molecule has 204 valence electrons. The summed E-state index contributed by atoms with van der Waals surface area (Å²) in [4.78, 5) is 12.4. The molecule has 2 heterocycles. The molecule has 1 aliphatic rings. The van der Waals surface area contributed by atoms with Gasteiger partial charge in [0.1, 0.15) is 0 Å². The number of para-hydroxylation sites is 1. The van der Waals surface area contributed by atoms with E-state index in [1.54, 1.807) is 31.2 Å². The highest BCUT2D eigenvalue weighted by molar-refractivity contribution is 7.89. The van der Waals surface area contributed by atoms with E-state index in [-0.39, 0.29) is 18.9 Å². The summed E-state index contributed by atoms with van der Waals surface area (Å²) in [6.07, 6.45) is 3.37. The number of hydrazone groups is 1. The molecule has 1 aliphatic heterocycles. The van der Waals surface area contributed by atoms with Gasteiger partial charge in [0.05, 0.1) is 43.1 Å². The van der Waals surface area contributed by atoms with E-state index in [1.807, 2.05) is 48.5 Å². The maximum absolute atomic E-state index is 12.4. The topological polar surface area (TPSA) is 145 Å². The van der Waals surface area contributed by atoms with Crippen LogP contribution in [0.5, 0.6) is 0 Å². The normalized spacial score (nSPS) is 14.9. The molecule has 1 aromatic heterocycles. The highest BCUT2D eigenvalue weighted by Crippen LogP contribution is 2.23. The zero-order valence-electron chi connectivity index (χ0n) is 21.8. The maximum atomic E-state index is 12.4. The molecule has 2 aromatic carbocycles. The number of ether oxygens (including phenoxy) is 1. The van der Waals surface area contributed by atoms with Crippen LogP contribution in [-0.2, 0) is 32.6 Å². The molecule has 11 nitrogen and oxygen atoms in total. The minimum atomic E-state index is -3.44. The number of ketones is 1. The first-order chi connectivity index (χ1) is 18.0. The molecule has 0 saturated heterocycles.